The number of amides is 1. The number of hydrogen-bond donors (Lipinski definition) is 1. The molecule has 1 fully saturated rings. The van der Waals surface area contributed by atoms with Crippen LogP contribution in [-0.2, 0) is 4.74 Å². The zero-order valence-electron chi connectivity index (χ0n) is 15.0. The molecule has 1 aliphatic rings. The number of rotatable bonds is 5. The van der Waals surface area contributed by atoms with E-state index in [1.165, 1.54) is 12.1 Å². The summed E-state index contributed by atoms with van der Waals surface area (Å²) < 4.78 is 18.9. The van der Waals surface area contributed by atoms with E-state index in [1.54, 1.807) is 36.2 Å². The number of benzene rings is 2. The van der Waals surface area contributed by atoms with E-state index in [-0.39, 0.29) is 23.7 Å². The Bertz CT molecular complexity index is 771. The highest BCUT2D eigenvalue weighted by Gasteiger charge is 2.34. The third-order valence-electron chi connectivity index (χ3n) is 5.08. The second-order valence-corrected chi connectivity index (χ2v) is 7.02. The third-order valence-corrected chi connectivity index (χ3v) is 5.08. The van der Waals surface area contributed by atoms with Crippen LogP contribution >= 0.6 is 0 Å². The zero-order valence-corrected chi connectivity index (χ0v) is 15.0. The number of carbonyl (C=O) groups excluding carboxylic acids is 1. The van der Waals surface area contributed by atoms with Gasteiger partial charge in [0.05, 0.1) is 6.61 Å². The molecule has 1 heterocycles. The van der Waals surface area contributed by atoms with Crippen molar-refractivity contribution in [2.45, 2.75) is 12.8 Å². The summed E-state index contributed by atoms with van der Waals surface area (Å²) in [5.41, 5.74) is 1.78. The third kappa shape index (κ3) is 4.11. The first-order chi connectivity index (χ1) is 12.5. The van der Waals surface area contributed by atoms with Crippen molar-refractivity contribution in [1.29, 1.82) is 0 Å². The summed E-state index contributed by atoms with van der Waals surface area (Å²) in [6.45, 7) is 1.74. The van der Waals surface area contributed by atoms with Crippen LogP contribution in [0, 0.1) is 11.2 Å². The summed E-state index contributed by atoms with van der Waals surface area (Å²) >= 11 is 0. The minimum Gasteiger partial charge on any atom is -0.396 e. The summed E-state index contributed by atoms with van der Waals surface area (Å²) in [6, 6.07) is 13.5. The number of hydrogen-bond acceptors (Lipinski definition) is 3. The van der Waals surface area contributed by atoms with E-state index in [9.17, 15) is 14.3 Å². The van der Waals surface area contributed by atoms with Crippen molar-refractivity contribution in [2.24, 2.45) is 5.41 Å². The van der Waals surface area contributed by atoms with E-state index in [4.69, 9.17) is 4.74 Å². The Hall–Kier alpha value is -2.24. The van der Waals surface area contributed by atoms with Gasteiger partial charge in [-0.15, -0.1) is 0 Å². The zero-order chi connectivity index (χ0) is 18.6. The normalized spacial score (nSPS) is 16.3. The predicted molar refractivity (Wildman–Crippen MR) is 98.4 cm³/mol. The lowest BCUT2D eigenvalue weighted by Gasteiger charge is -2.38. The molecule has 1 amide bonds. The van der Waals surface area contributed by atoms with Gasteiger partial charge in [-0.2, -0.15) is 0 Å². The van der Waals surface area contributed by atoms with Crippen LogP contribution in [0.3, 0.4) is 0 Å². The fourth-order valence-electron chi connectivity index (χ4n) is 3.47. The van der Waals surface area contributed by atoms with Crippen molar-refractivity contribution in [3.05, 3.63) is 59.9 Å². The van der Waals surface area contributed by atoms with E-state index < -0.39 is 0 Å². The molecule has 0 bridgehead atoms. The molecule has 138 valence electrons. The van der Waals surface area contributed by atoms with Gasteiger partial charge in [0.25, 0.3) is 5.91 Å². The van der Waals surface area contributed by atoms with Gasteiger partial charge in [0.2, 0.25) is 0 Å². The van der Waals surface area contributed by atoms with Crippen molar-refractivity contribution in [3.63, 3.8) is 0 Å². The Labute approximate surface area is 153 Å². The molecule has 26 heavy (non-hydrogen) atoms. The smallest absolute Gasteiger partial charge is 0.253 e. The average molecular weight is 357 g/mol. The monoisotopic (exact) mass is 357 g/mol. The molecule has 0 spiro atoms. The Morgan fingerprint density at radius 3 is 2.46 bits per heavy atom. The molecule has 3 rings (SSSR count). The SMILES string of the molecule is CN(CC1(CO)CCOCC1)C(=O)c1cccc(-c2cccc(F)c2)c1. The van der Waals surface area contributed by atoms with Crippen LogP contribution in [0.4, 0.5) is 4.39 Å². The van der Waals surface area contributed by atoms with Crippen molar-refractivity contribution in [2.75, 3.05) is 33.4 Å². The minimum atomic E-state index is -0.305. The lowest BCUT2D eigenvalue weighted by molar-refractivity contribution is -0.0282. The van der Waals surface area contributed by atoms with Gasteiger partial charge in [-0.05, 0) is 48.2 Å². The standard InChI is InChI=1S/C21H24FNO3/c1-23(14-21(15-24)8-10-26-11-9-21)20(25)18-6-2-4-16(12-18)17-5-3-7-19(22)13-17/h2-7,12-13,24H,8-11,14-15H2,1H3. The lowest BCUT2D eigenvalue weighted by Crippen LogP contribution is -2.44. The van der Waals surface area contributed by atoms with Crippen LogP contribution in [0.1, 0.15) is 23.2 Å². The number of halogens is 1. The molecule has 1 aliphatic heterocycles. The molecule has 2 aromatic carbocycles. The fraction of sp³-hybridized carbons (Fsp3) is 0.381. The average Bonchev–Trinajstić information content (AvgIpc) is 2.68. The maximum absolute atomic E-state index is 13.5. The summed E-state index contributed by atoms with van der Waals surface area (Å²) in [5, 5.41) is 9.83. The van der Waals surface area contributed by atoms with Gasteiger partial charge in [-0.3, -0.25) is 4.79 Å². The van der Waals surface area contributed by atoms with Gasteiger partial charge in [0, 0.05) is 37.8 Å². The first kappa shape index (κ1) is 18.5. The first-order valence-corrected chi connectivity index (χ1v) is 8.83. The maximum atomic E-state index is 13.5. The van der Waals surface area contributed by atoms with E-state index in [0.717, 1.165) is 24.0 Å². The summed E-state index contributed by atoms with van der Waals surface area (Å²) in [7, 11) is 1.75. The highest BCUT2D eigenvalue weighted by atomic mass is 19.1. The maximum Gasteiger partial charge on any atom is 0.253 e. The molecular formula is C21H24FNO3. The van der Waals surface area contributed by atoms with E-state index in [1.807, 2.05) is 12.1 Å². The quantitative estimate of drug-likeness (QED) is 0.893. The molecular weight excluding hydrogens is 333 g/mol. The molecule has 0 radical (unpaired) electrons. The molecule has 0 atom stereocenters. The number of aliphatic hydroxyl groups excluding tert-OH is 1. The number of carbonyl (C=O) groups is 1. The number of aliphatic hydroxyl groups is 1. The van der Waals surface area contributed by atoms with Gasteiger partial charge >= 0.3 is 0 Å². The molecule has 5 heteroatoms. The summed E-state index contributed by atoms with van der Waals surface area (Å²) in [4.78, 5) is 14.5. The Kier molecular flexibility index (Phi) is 5.69. The lowest BCUT2D eigenvalue weighted by atomic mass is 9.80. The van der Waals surface area contributed by atoms with Crippen molar-refractivity contribution in [3.8, 4) is 11.1 Å². The molecule has 4 nitrogen and oxygen atoms in total. The second-order valence-electron chi connectivity index (χ2n) is 7.02. The van der Waals surface area contributed by atoms with Crippen LogP contribution in [0.15, 0.2) is 48.5 Å². The minimum absolute atomic E-state index is 0.0390. The van der Waals surface area contributed by atoms with Gasteiger partial charge in [-0.1, -0.05) is 24.3 Å². The van der Waals surface area contributed by atoms with Gasteiger partial charge < -0.3 is 14.7 Å². The Balaban J connectivity index is 1.78. The van der Waals surface area contributed by atoms with Crippen molar-refractivity contribution in [1.82, 2.24) is 4.90 Å². The van der Waals surface area contributed by atoms with Gasteiger partial charge in [-0.25, -0.2) is 4.39 Å². The molecule has 1 saturated heterocycles. The van der Waals surface area contributed by atoms with E-state index in [2.05, 4.69) is 0 Å². The molecule has 0 aromatic heterocycles. The molecule has 1 N–H and O–H groups in total. The topological polar surface area (TPSA) is 49.8 Å². The molecule has 0 saturated carbocycles. The number of nitrogens with zero attached hydrogens (tertiary/aromatic N) is 1. The largest absolute Gasteiger partial charge is 0.396 e. The Morgan fingerprint density at radius 2 is 1.81 bits per heavy atom. The predicted octanol–water partition coefficient (Wildman–Crippen LogP) is 3.35. The molecule has 0 unspecified atom stereocenters. The Morgan fingerprint density at radius 1 is 1.15 bits per heavy atom. The second kappa shape index (κ2) is 7.98. The van der Waals surface area contributed by atoms with Crippen molar-refractivity contribution >= 4 is 5.91 Å². The van der Waals surface area contributed by atoms with Gasteiger partial charge in [0.15, 0.2) is 0 Å². The fourth-order valence-corrected chi connectivity index (χ4v) is 3.47. The van der Waals surface area contributed by atoms with Crippen LogP contribution in [-0.4, -0.2) is 49.3 Å². The van der Waals surface area contributed by atoms with E-state index >= 15 is 0 Å². The molecule has 0 aliphatic carbocycles. The summed E-state index contributed by atoms with van der Waals surface area (Å²) in [6.07, 6.45) is 1.48. The van der Waals surface area contributed by atoms with Crippen LogP contribution in [0.2, 0.25) is 0 Å². The van der Waals surface area contributed by atoms with Crippen LogP contribution < -0.4 is 0 Å². The highest BCUT2D eigenvalue weighted by molar-refractivity contribution is 5.95. The molecule has 2 aromatic rings. The van der Waals surface area contributed by atoms with Crippen molar-refractivity contribution < 1.29 is 19.0 Å². The first-order valence-electron chi connectivity index (χ1n) is 8.83. The van der Waals surface area contributed by atoms with E-state index in [0.29, 0.717) is 25.3 Å². The van der Waals surface area contributed by atoms with Gasteiger partial charge in [0.1, 0.15) is 5.82 Å². The number of ether oxygens (including phenoxy) is 1. The van der Waals surface area contributed by atoms with Crippen LogP contribution in [0.5, 0.6) is 0 Å². The summed E-state index contributed by atoms with van der Waals surface area (Å²) in [5.74, 6) is -0.414. The highest BCUT2D eigenvalue weighted by Crippen LogP contribution is 2.31. The van der Waals surface area contributed by atoms with Crippen LogP contribution in [0.25, 0.3) is 11.1 Å².